The molecule has 0 fully saturated rings. The molecule has 68 valence electrons. The van der Waals surface area contributed by atoms with Crippen LogP contribution >= 0.6 is 0 Å². The molecule has 2 heteroatoms. The number of rotatable bonds is 4. The number of hydrogen-bond acceptors (Lipinski definition) is 2. The molecule has 0 heterocycles. The van der Waals surface area contributed by atoms with Gasteiger partial charge in [0.15, 0.2) is 0 Å². The Morgan fingerprint density at radius 2 is 1.82 bits per heavy atom. The first-order valence-electron chi connectivity index (χ1n) is 4.32. The van der Waals surface area contributed by atoms with Gasteiger partial charge >= 0.3 is 0 Å². The van der Waals surface area contributed by atoms with Crippen LogP contribution in [0.15, 0.2) is 0 Å². The zero-order valence-electron chi connectivity index (χ0n) is 8.35. The molecule has 0 aromatic carbocycles. The predicted octanol–water partition coefficient (Wildman–Crippen LogP) is 1.93. The van der Waals surface area contributed by atoms with Gasteiger partial charge in [0.05, 0.1) is 11.7 Å². The highest BCUT2D eigenvalue weighted by atomic mass is 16.5. The maximum Gasteiger partial charge on any atom is 0.0702 e. The molecule has 1 unspecified atom stereocenters. The summed E-state index contributed by atoms with van der Waals surface area (Å²) in [5.41, 5.74) is 5.64. The normalized spacial score (nSPS) is 18.0. The van der Waals surface area contributed by atoms with Crippen molar-refractivity contribution in [3.63, 3.8) is 0 Å². The lowest BCUT2D eigenvalue weighted by Crippen LogP contribution is -2.38. The van der Waals surface area contributed by atoms with E-state index in [1.54, 1.807) is 0 Å². The molecular formula is C9H21NO. The summed E-state index contributed by atoms with van der Waals surface area (Å²) < 4.78 is 5.72. The van der Waals surface area contributed by atoms with Gasteiger partial charge in [0.25, 0.3) is 0 Å². The number of ether oxygens (including phenoxy) is 1. The molecule has 2 atom stereocenters. The Hall–Kier alpha value is -0.0800. The van der Waals surface area contributed by atoms with Crippen molar-refractivity contribution in [2.24, 2.45) is 5.73 Å². The molecule has 0 aromatic heterocycles. The lowest BCUT2D eigenvalue weighted by Gasteiger charge is -2.29. The summed E-state index contributed by atoms with van der Waals surface area (Å²) in [6.45, 7) is 10.3. The van der Waals surface area contributed by atoms with E-state index in [0.29, 0.717) is 0 Å². The van der Waals surface area contributed by atoms with E-state index in [1.165, 1.54) is 0 Å². The van der Waals surface area contributed by atoms with Crippen molar-refractivity contribution in [2.75, 3.05) is 0 Å². The van der Waals surface area contributed by atoms with Crippen molar-refractivity contribution in [1.82, 2.24) is 0 Å². The van der Waals surface area contributed by atoms with Gasteiger partial charge in [0.2, 0.25) is 0 Å². The highest BCUT2D eigenvalue weighted by molar-refractivity contribution is 4.71. The van der Waals surface area contributed by atoms with Crippen molar-refractivity contribution in [3.8, 4) is 0 Å². The van der Waals surface area contributed by atoms with Crippen LogP contribution in [0.2, 0.25) is 0 Å². The van der Waals surface area contributed by atoms with Crippen LogP contribution < -0.4 is 5.73 Å². The van der Waals surface area contributed by atoms with E-state index >= 15 is 0 Å². The van der Waals surface area contributed by atoms with Gasteiger partial charge in [-0.1, -0.05) is 6.92 Å². The molecule has 0 aliphatic rings. The fourth-order valence-electron chi connectivity index (χ4n) is 0.694. The predicted molar refractivity (Wildman–Crippen MR) is 48.6 cm³/mol. The SMILES string of the molecule is CCC(C)(C)OC(C)[C@H](C)N. The Kier molecular flexibility index (Phi) is 4.04. The maximum atomic E-state index is 5.72. The standard InChI is InChI=1S/C9H21NO/c1-6-9(4,5)11-8(3)7(2)10/h7-8H,6,10H2,1-5H3/t7-,8?/m0/s1. The van der Waals surface area contributed by atoms with E-state index in [0.717, 1.165) is 6.42 Å². The fourth-order valence-corrected chi connectivity index (χ4v) is 0.694. The molecule has 0 saturated heterocycles. The average Bonchev–Trinajstić information content (AvgIpc) is 1.87. The topological polar surface area (TPSA) is 35.2 Å². The molecule has 2 nitrogen and oxygen atoms in total. The molecule has 0 aliphatic heterocycles. The molecule has 2 N–H and O–H groups in total. The molecule has 0 saturated carbocycles. The molecule has 0 rings (SSSR count). The van der Waals surface area contributed by atoms with E-state index in [-0.39, 0.29) is 17.7 Å². The van der Waals surface area contributed by atoms with Gasteiger partial charge in [-0.2, -0.15) is 0 Å². The zero-order valence-corrected chi connectivity index (χ0v) is 8.35. The number of hydrogen-bond donors (Lipinski definition) is 1. The first kappa shape index (κ1) is 10.9. The molecule has 11 heavy (non-hydrogen) atoms. The monoisotopic (exact) mass is 159 g/mol. The minimum absolute atomic E-state index is 0.0347. The largest absolute Gasteiger partial charge is 0.371 e. The second-order valence-electron chi connectivity index (χ2n) is 3.80. The fraction of sp³-hybridized carbons (Fsp3) is 1.00. The van der Waals surface area contributed by atoms with Crippen molar-refractivity contribution in [3.05, 3.63) is 0 Å². The summed E-state index contributed by atoms with van der Waals surface area (Å²) in [5.74, 6) is 0. The highest BCUT2D eigenvalue weighted by Gasteiger charge is 2.20. The lowest BCUT2D eigenvalue weighted by molar-refractivity contribution is -0.0725. The average molecular weight is 159 g/mol. The van der Waals surface area contributed by atoms with Crippen LogP contribution in [0.3, 0.4) is 0 Å². The minimum atomic E-state index is -0.0347. The molecule has 0 radical (unpaired) electrons. The van der Waals surface area contributed by atoms with Gasteiger partial charge in [-0.05, 0) is 34.1 Å². The quantitative estimate of drug-likeness (QED) is 0.680. The first-order valence-corrected chi connectivity index (χ1v) is 4.32. The second kappa shape index (κ2) is 4.07. The zero-order chi connectivity index (χ0) is 9.07. The van der Waals surface area contributed by atoms with E-state index in [9.17, 15) is 0 Å². The van der Waals surface area contributed by atoms with Crippen molar-refractivity contribution in [2.45, 2.75) is 58.8 Å². The third-order valence-corrected chi connectivity index (χ3v) is 2.10. The van der Waals surface area contributed by atoms with E-state index in [2.05, 4.69) is 20.8 Å². The summed E-state index contributed by atoms with van der Waals surface area (Å²) in [7, 11) is 0. The van der Waals surface area contributed by atoms with Crippen LogP contribution in [0.5, 0.6) is 0 Å². The van der Waals surface area contributed by atoms with E-state index in [1.807, 2.05) is 13.8 Å². The number of nitrogens with two attached hydrogens (primary N) is 1. The Morgan fingerprint density at radius 1 is 1.36 bits per heavy atom. The van der Waals surface area contributed by atoms with E-state index in [4.69, 9.17) is 10.5 Å². The third-order valence-electron chi connectivity index (χ3n) is 2.10. The van der Waals surface area contributed by atoms with Crippen LogP contribution in [0.25, 0.3) is 0 Å². The molecular weight excluding hydrogens is 138 g/mol. The van der Waals surface area contributed by atoms with E-state index < -0.39 is 0 Å². The van der Waals surface area contributed by atoms with Crippen LogP contribution in [0, 0.1) is 0 Å². The van der Waals surface area contributed by atoms with Gasteiger partial charge in [-0.3, -0.25) is 0 Å². The van der Waals surface area contributed by atoms with Crippen molar-refractivity contribution >= 4 is 0 Å². The van der Waals surface area contributed by atoms with Crippen LogP contribution in [-0.4, -0.2) is 17.7 Å². The maximum absolute atomic E-state index is 5.72. The molecule has 0 spiro atoms. The second-order valence-corrected chi connectivity index (χ2v) is 3.80. The van der Waals surface area contributed by atoms with Crippen LogP contribution in [0.1, 0.15) is 41.0 Å². The van der Waals surface area contributed by atoms with Gasteiger partial charge in [-0.25, -0.2) is 0 Å². The smallest absolute Gasteiger partial charge is 0.0702 e. The van der Waals surface area contributed by atoms with Gasteiger partial charge < -0.3 is 10.5 Å². The Balaban J connectivity index is 3.83. The van der Waals surface area contributed by atoms with Crippen molar-refractivity contribution in [1.29, 1.82) is 0 Å². The summed E-state index contributed by atoms with van der Waals surface area (Å²) in [6, 6.07) is 0.112. The lowest BCUT2D eigenvalue weighted by atomic mass is 10.1. The summed E-state index contributed by atoms with van der Waals surface area (Å²) in [6.07, 6.45) is 1.16. The minimum Gasteiger partial charge on any atom is -0.371 e. The summed E-state index contributed by atoms with van der Waals surface area (Å²) in [4.78, 5) is 0. The highest BCUT2D eigenvalue weighted by Crippen LogP contribution is 2.16. The first-order chi connectivity index (χ1) is 4.89. The molecule has 0 aliphatic carbocycles. The van der Waals surface area contributed by atoms with Crippen molar-refractivity contribution < 1.29 is 4.74 Å². The summed E-state index contributed by atoms with van der Waals surface area (Å²) in [5, 5.41) is 0. The Labute approximate surface area is 70.1 Å². The van der Waals surface area contributed by atoms with Gasteiger partial charge in [0.1, 0.15) is 0 Å². The Morgan fingerprint density at radius 3 is 2.09 bits per heavy atom. The molecule has 0 aromatic rings. The van der Waals surface area contributed by atoms with Gasteiger partial charge in [0, 0.05) is 6.04 Å². The molecule has 0 amide bonds. The third kappa shape index (κ3) is 4.38. The molecule has 0 bridgehead atoms. The van der Waals surface area contributed by atoms with Crippen LogP contribution in [0.4, 0.5) is 0 Å². The Bertz CT molecular complexity index is 110. The van der Waals surface area contributed by atoms with Crippen LogP contribution in [-0.2, 0) is 4.74 Å². The van der Waals surface area contributed by atoms with Gasteiger partial charge in [-0.15, -0.1) is 0 Å². The summed E-state index contributed by atoms with van der Waals surface area (Å²) >= 11 is 0.